The van der Waals surface area contributed by atoms with Crippen LogP contribution >= 0.6 is 0 Å². The molecule has 6 nitrogen and oxygen atoms in total. The van der Waals surface area contributed by atoms with Gasteiger partial charge in [-0.25, -0.2) is 4.39 Å². The van der Waals surface area contributed by atoms with E-state index >= 15 is 0 Å². The number of rotatable bonds is 7. The number of aryl methyl sites for hydroxylation is 1. The van der Waals surface area contributed by atoms with Crippen molar-refractivity contribution in [2.24, 2.45) is 11.8 Å². The predicted octanol–water partition coefficient (Wildman–Crippen LogP) is 1.90. The van der Waals surface area contributed by atoms with Gasteiger partial charge in [0.2, 0.25) is 0 Å². The third-order valence-corrected chi connectivity index (χ3v) is 5.17. The number of pyridine rings is 1. The summed E-state index contributed by atoms with van der Waals surface area (Å²) in [5, 5.41) is 11.6. The second-order valence-corrected chi connectivity index (χ2v) is 7.32. The topological polar surface area (TPSA) is 88.4 Å². The fraction of sp³-hybridized carbons (Fsp3) is 0.381. The summed E-state index contributed by atoms with van der Waals surface area (Å²) in [6.07, 6.45) is 2.42. The molecule has 1 aliphatic rings. The molecule has 0 aliphatic heterocycles. The summed E-state index contributed by atoms with van der Waals surface area (Å²) >= 11 is 0. The van der Waals surface area contributed by atoms with E-state index in [-0.39, 0.29) is 48.3 Å². The predicted molar refractivity (Wildman–Crippen MR) is 102 cm³/mol. The number of ketones is 1. The minimum atomic E-state index is -0.599. The lowest BCUT2D eigenvalue weighted by atomic mass is 10.0. The van der Waals surface area contributed by atoms with Crippen LogP contribution in [0.3, 0.4) is 0 Å². The molecule has 0 spiro atoms. The normalized spacial score (nSPS) is 18.0. The summed E-state index contributed by atoms with van der Waals surface area (Å²) in [5.74, 6) is -1.01. The summed E-state index contributed by atoms with van der Waals surface area (Å²) in [6.45, 7) is 1.78. The molecule has 1 aromatic carbocycles. The first-order valence-corrected chi connectivity index (χ1v) is 9.19. The van der Waals surface area contributed by atoms with Crippen LogP contribution in [-0.4, -0.2) is 35.0 Å². The number of benzene rings is 1. The first kappa shape index (κ1) is 19.9. The number of amides is 1. The molecule has 0 radical (unpaired) electrons. The van der Waals surface area contributed by atoms with E-state index in [1.807, 2.05) is 6.92 Å². The van der Waals surface area contributed by atoms with Gasteiger partial charge in [-0.05, 0) is 37.3 Å². The number of nitrogens with one attached hydrogen (secondary N) is 1. The van der Waals surface area contributed by atoms with Crippen LogP contribution < -0.4 is 10.9 Å². The van der Waals surface area contributed by atoms with Crippen molar-refractivity contribution in [2.45, 2.75) is 26.3 Å². The molecule has 1 fully saturated rings. The molecular weight excluding hydrogens is 363 g/mol. The van der Waals surface area contributed by atoms with E-state index in [9.17, 15) is 18.8 Å². The quantitative estimate of drug-likeness (QED) is 0.712. The highest BCUT2D eigenvalue weighted by Gasteiger charge is 2.38. The van der Waals surface area contributed by atoms with E-state index in [1.54, 1.807) is 12.1 Å². The van der Waals surface area contributed by atoms with E-state index in [2.05, 4.69) is 5.32 Å². The Hall–Kier alpha value is -2.80. The van der Waals surface area contributed by atoms with E-state index < -0.39 is 17.3 Å². The Bertz CT molecular complexity index is 983. The van der Waals surface area contributed by atoms with E-state index in [0.29, 0.717) is 5.56 Å². The molecule has 148 valence electrons. The van der Waals surface area contributed by atoms with Crippen LogP contribution in [0, 0.1) is 24.6 Å². The Morgan fingerprint density at radius 3 is 2.68 bits per heavy atom. The number of aliphatic hydroxyl groups is 1. The number of carbonyl (C=O) groups excluding carboxylic acids is 2. The third-order valence-electron chi connectivity index (χ3n) is 5.17. The first-order valence-electron chi connectivity index (χ1n) is 9.19. The number of aromatic nitrogens is 1. The highest BCUT2D eigenvalue weighted by molar-refractivity contribution is 6.00. The number of aliphatic hydroxyl groups excluding tert-OH is 1. The molecule has 28 heavy (non-hydrogen) atoms. The zero-order valence-corrected chi connectivity index (χ0v) is 15.9. The van der Waals surface area contributed by atoms with Crippen LogP contribution in [0.4, 0.5) is 4.39 Å². The van der Waals surface area contributed by atoms with Crippen molar-refractivity contribution in [3.63, 3.8) is 0 Å². The molecule has 2 aromatic rings. The average Bonchev–Trinajstić information content (AvgIpc) is 3.43. The third kappa shape index (κ3) is 4.20. The van der Waals surface area contributed by atoms with Crippen molar-refractivity contribution >= 4 is 11.7 Å². The number of hydrogen-bond acceptors (Lipinski definition) is 4. The summed E-state index contributed by atoms with van der Waals surface area (Å²) in [5.41, 5.74) is 0.631. The molecule has 2 unspecified atom stereocenters. The van der Waals surface area contributed by atoms with Crippen LogP contribution in [0.2, 0.25) is 0 Å². The van der Waals surface area contributed by atoms with Gasteiger partial charge in [0, 0.05) is 37.4 Å². The zero-order chi connectivity index (χ0) is 20.4. The van der Waals surface area contributed by atoms with Crippen molar-refractivity contribution in [2.75, 3.05) is 13.7 Å². The number of carbonyl (C=O) groups is 2. The molecule has 7 heteroatoms. The standard InChI is InChI=1S/C21H23FN2O4/c1-12-3-4-18(22)14(5-12)9-24-10-15(7-17(21(24)28)20(27)23-2)19(26)8-13-6-16(13)11-25/h3-5,7,10,13,16,25H,6,8-9,11H2,1-2H3,(H,23,27). The van der Waals surface area contributed by atoms with Crippen molar-refractivity contribution in [3.05, 3.63) is 68.9 Å². The summed E-state index contributed by atoms with van der Waals surface area (Å²) in [4.78, 5) is 37.5. The smallest absolute Gasteiger partial charge is 0.263 e. The van der Waals surface area contributed by atoms with Crippen molar-refractivity contribution in [3.8, 4) is 0 Å². The molecule has 3 rings (SSSR count). The van der Waals surface area contributed by atoms with Gasteiger partial charge in [0.05, 0.1) is 6.54 Å². The van der Waals surface area contributed by atoms with Gasteiger partial charge in [-0.3, -0.25) is 14.4 Å². The monoisotopic (exact) mass is 386 g/mol. The fourth-order valence-electron chi connectivity index (χ4n) is 3.35. The molecule has 1 heterocycles. The molecule has 1 aliphatic carbocycles. The average molecular weight is 386 g/mol. The van der Waals surface area contributed by atoms with Crippen LogP contribution in [0.1, 0.15) is 44.7 Å². The van der Waals surface area contributed by atoms with E-state index in [4.69, 9.17) is 5.11 Å². The lowest BCUT2D eigenvalue weighted by Crippen LogP contribution is -2.32. The maximum absolute atomic E-state index is 14.1. The molecule has 1 saturated carbocycles. The van der Waals surface area contributed by atoms with Gasteiger partial charge < -0.3 is 15.0 Å². The Balaban J connectivity index is 1.98. The molecule has 0 bridgehead atoms. The van der Waals surface area contributed by atoms with Gasteiger partial charge in [-0.1, -0.05) is 17.7 Å². The largest absolute Gasteiger partial charge is 0.396 e. The molecule has 2 N–H and O–H groups in total. The van der Waals surface area contributed by atoms with Gasteiger partial charge in [0.15, 0.2) is 5.78 Å². The minimum Gasteiger partial charge on any atom is -0.396 e. The second kappa shape index (κ2) is 8.06. The Morgan fingerprint density at radius 1 is 1.29 bits per heavy atom. The zero-order valence-electron chi connectivity index (χ0n) is 15.9. The van der Waals surface area contributed by atoms with Crippen LogP contribution in [0.25, 0.3) is 0 Å². The number of nitrogens with zero attached hydrogens (tertiary/aromatic N) is 1. The van der Waals surface area contributed by atoms with Crippen molar-refractivity contribution < 1.29 is 19.1 Å². The molecule has 0 saturated heterocycles. The van der Waals surface area contributed by atoms with Gasteiger partial charge in [-0.15, -0.1) is 0 Å². The lowest BCUT2D eigenvalue weighted by Gasteiger charge is -2.12. The van der Waals surface area contributed by atoms with Gasteiger partial charge in [-0.2, -0.15) is 0 Å². The molecule has 2 atom stereocenters. The summed E-state index contributed by atoms with van der Waals surface area (Å²) < 4.78 is 15.3. The van der Waals surface area contributed by atoms with Gasteiger partial charge in [0.1, 0.15) is 11.4 Å². The molecule has 1 amide bonds. The number of Topliss-reactive ketones (excluding diaryl/α,β-unsaturated/α-hetero) is 1. The highest BCUT2D eigenvalue weighted by Crippen LogP contribution is 2.41. The van der Waals surface area contributed by atoms with Crippen LogP contribution in [0.5, 0.6) is 0 Å². The number of hydrogen-bond donors (Lipinski definition) is 2. The van der Waals surface area contributed by atoms with Gasteiger partial charge in [0.25, 0.3) is 11.5 Å². The minimum absolute atomic E-state index is 0.0492. The fourth-order valence-corrected chi connectivity index (χ4v) is 3.35. The van der Waals surface area contributed by atoms with E-state index in [0.717, 1.165) is 12.0 Å². The van der Waals surface area contributed by atoms with Gasteiger partial charge >= 0.3 is 0 Å². The summed E-state index contributed by atoms with van der Waals surface area (Å²) in [7, 11) is 1.40. The van der Waals surface area contributed by atoms with Crippen molar-refractivity contribution in [1.29, 1.82) is 0 Å². The lowest BCUT2D eigenvalue weighted by molar-refractivity contribution is 0.0961. The molecular formula is C21H23FN2O4. The Kier molecular flexibility index (Phi) is 5.74. The SMILES string of the molecule is CNC(=O)c1cc(C(=O)CC2CC2CO)cn(Cc2cc(C)ccc2F)c1=O. The maximum atomic E-state index is 14.1. The Morgan fingerprint density at radius 2 is 2.04 bits per heavy atom. The molecule has 1 aromatic heterocycles. The van der Waals surface area contributed by atoms with E-state index in [1.165, 1.54) is 29.9 Å². The number of halogens is 1. The van der Waals surface area contributed by atoms with Crippen LogP contribution in [-0.2, 0) is 6.54 Å². The summed E-state index contributed by atoms with van der Waals surface area (Å²) in [6, 6.07) is 5.88. The van der Waals surface area contributed by atoms with Crippen LogP contribution in [0.15, 0.2) is 35.3 Å². The Labute approximate surface area is 162 Å². The second-order valence-electron chi connectivity index (χ2n) is 7.32. The maximum Gasteiger partial charge on any atom is 0.263 e. The first-order chi connectivity index (χ1) is 13.3. The van der Waals surface area contributed by atoms with Crippen molar-refractivity contribution in [1.82, 2.24) is 9.88 Å². The highest BCUT2D eigenvalue weighted by atomic mass is 19.1.